The molecule has 2 nitrogen and oxygen atoms in total. The van der Waals surface area contributed by atoms with E-state index in [1.807, 2.05) is 50.2 Å². The molecule has 2 aromatic carbocycles. The minimum Gasteiger partial charge on any atom is -0.508 e. The average molecular weight is 242 g/mol. The van der Waals surface area contributed by atoms with Crippen molar-refractivity contribution in [1.82, 2.24) is 0 Å². The summed E-state index contributed by atoms with van der Waals surface area (Å²) < 4.78 is 6.00. The van der Waals surface area contributed by atoms with Crippen molar-refractivity contribution in [3.63, 3.8) is 0 Å². The Morgan fingerprint density at radius 2 is 1.44 bits per heavy atom. The summed E-state index contributed by atoms with van der Waals surface area (Å²) in [5, 5.41) is 9.30. The van der Waals surface area contributed by atoms with E-state index >= 15 is 0 Å². The van der Waals surface area contributed by atoms with Crippen molar-refractivity contribution >= 4 is 0 Å². The number of rotatable bonds is 3. The molecule has 0 aliphatic rings. The molecule has 1 N–H and O–H groups in total. The van der Waals surface area contributed by atoms with E-state index in [9.17, 15) is 5.11 Å². The third kappa shape index (κ3) is 2.83. The highest BCUT2D eigenvalue weighted by molar-refractivity contribution is 5.32. The van der Waals surface area contributed by atoms with Crippen molar-refractivity contribution in [3.05, 3.63) is 59.7 Å². The van der Waals surface area contributed by atoms with Crippen molar-refractivity contribution in [2.24, 2.45) is 0 Å². The molecule has 0 aromatic heterocycles. The van der Waals surface area contributed by atoms with Gasteiger partial charge in [0.1, 0.15) is 17.1 Å². The molecule has 0 aliphatic carbocycles. The molecule has 0 atom stereocenters. The van der Waals surface area contributed by atoms with E-state index in [4.69, 9.17) is 4.74 Å². The fourth-order valence-corrected chi connectivity index (χ4v) is 1.82. The third-order valence-electron chi connectivity index (χ3n) is 2.96. The smallest absolute Gasteiger partial charge is 0.128 e. The normalized spacial score (nSPS) is 11.3. The van der Waals surface area contributed by atoms with Crippen molar-refractivity contribution in [3.8, 4) is 11.5 Å². The van der Waals surface area contributed by atoms with Crippen molar-refractivity contribution in [2.45, 2.75) is 26.4 Å². The lowest BCUT2D eigenvalue weighted by atomic mass is 9.98. The largest absolute Gasteiger partial charge is 0.508 e. The molecule has 0 unspecified atom stereocenters. The second-order valence-corrected chi connectivity index (χ2v) is 4.97. The molecule has 0 saturated carbocycles. The standard InChI is InChI=1S/C16H18O2/c1-12-4-10-15(11-5-12)18-16(2,3)13-6-8-14(17)9-7-13/h4-11,17H,1-3H3. The molecule has 2 heteroatoms. The predicted octanol–water partition coefficient (Wildman–Crippen LogP) is 4.01. The van der Waals surface area contributed by atoms with Gasteiger partial charge < -0.3 is 9.84 Å². The predicted molar refractivity (Wildman–Crippen MR) is 72.9 cm³/mol. The lowest BCUT2D eigenvalue weighted by Gasteiger charge is -2.27. The highest BCUT2D eigenvalue weighted by atomic mass is 16.5. The first-order valence-corrected chi connectivity index (χ1v) is 6.02. The zero-order valence-electron chi connectivity index (χ0n) is 11.0. The van der Waals surface area contributed by atoms with Gasteiger partial charge in [-0.25, -0.2) is 0 Å². The van der Waals surface area contributed by atoms with Crippen LogP contribution < -0.4 is 4.74 Å². The zero-order valence-corrected chi connectivity index (χ0v) is 11.0. The summed E-state index contributed by atoms with van der Waals surface area (Å²) in [6.07, 6.45) is 0. The van der Waals surface area contributed by atoms with Crippen molar-refractivity contribution < 1.29 is 9.84 Å². The molecule has 2 aromatic rings. The Hall–Kier alpha value is -1.96. The highest BCUT2D eigenvalue weighted by Crippen LogP contribution is 2.28. The van der Waals surface area contributed by atoms with E-state index in [1.165, 1.54) is 5.56 Å². The van der Waals surface area contributed by atoms with Crippen LogP contribution in [-0.4, -0.2) is 5.11 Å². The summed E-state index contributed by atoms with van der Waals surface area (Å²) in [6, 6.07) is 15.1. The zero-order chi connectivity index (χ0) is 13.2. The summed E-state index contributed by atoms with van der Waals surface area (Å²) in [6.45, 7) is 6.08. The van der Waals surface area contributed by atoms with E-state index < -0.39 is 5.60 Å². The summed E-state index contributed by atoms with van der Waals surface area (Å²) in [4.78, 5) is 0. The summed E-state index contributed by atoms with van der Waals surface area (Å²) in [5.74, 6) is 1.11. The molecular weight excluding hydrogens is 224 g/mol. The van der Waals surface area contributed by atoms with E-state index in [0.29, 0.717) is 0 Å². The number of hydrogen-bond donors (Lipinski definition) is 1. The van der Waals surface area contributed by atoms with E-state index in [1.54, 1.807) is 12.1 Å². The lowest BCUT2D eigenvalue weighted by molar-refractivity contribution is 0.109. The van der Waals surface area contributed by atoms with Crippen LogP contribution in [0.15, 0.2) is 48.5 Å². The number of phenolic OH excluding ortho intramolecular Hbond substituents is 1. The Labute approximate surface area is 108 Å². The second-order valence-electron chi connectivity index (χ2n) is 4.97. The average Bonchev–Trinajstić information content (AvgIpc) is 2.32. The minimum atomic E-state index is -0.428. The van der Waals surface area contributed by atoms with Gasteiger partial charge in [0.25, 0.3) is 0 Å². The molecule has 0 spiro atoms. The van der Waals surface area contributed by atoms with Gasteiger partial charge in [0.2, 0.25) is 0 Å². The van der Waals surface area contributed by atoms with Gasteiger partial charge in [-0.2, -0.15) is 0 Å². The maximum Gasteiger partial charge on any atom is 0.128 e. The molecular formula is C16H18O2. The van der Waals surface area contributed by atoms with Crippen LogP contribution in [0, 0.1) is 6.92 Å². The first-order valence-electron chi connectivity index (χ1n) is 6.02. The van der Waals surface area contributed by atoms with Gasteiger partial charge in [-0.3, -0.25) is 0 Å². The molecule has 0 aliphatic heterocycles. The van der Waals surface area contributed by atoms with Crippen molar-refractivity contribution in [1.29, 1.82) is 0 Å². The molecule has 0 heterocycles. The molecule has 0 bridgehead atoms. The summed E-state index contributed by atoms with van der Waals surface area (Å²) in [5.41, 5.74) is 1.81. The topological polar surface area (TPSA) is 29.5 Å². The number of aryl methyl sites for hydroxylation is 1. The van der Waals surface area contributed by atoms with Crippen LogP contribution in [0.4, 0.5) is 0 Å². The minimum absolute atomic E-state index is 0.268. The van der Waals surface area contributed by atoms with Crippen LogP contribution in [-0.2, 0) is 5.60 Å². The molecule has 0 saturated heterocycles. The molecule has 2 rings (SSSR count). The van der Waals surface area contributed by atoms with Gasteiger partial charge in [0, 0.05) is 0 Å². The summed E-state index contributed by atoms with van der Waals surface area (Å²) >= 11 is 0. The maximum absolute atomic E-state index is 9.30. The van der Waals surface area contributed by atoms with Crippen LogP contribution >= 0.6 is 0 Å². The molecule has 94 valence electrons. The van der Waals surface area contributed by atoms with Gasteiger partial charge in [0.05, 0.1) is 0 Å². The van der Waals surface area contributed by atoms with Gasteiger partial charge in [0.15, 0.2) is 0 Å². The SMILES string of the molecule is Cc1ccc(OC(C)(C)c2ccc(O)cc2)cc1. The molecule has 18 heavy (non-hydrogen) atoms. The summed E-state index contributed by atoms with van der Waals surface area (Å²) in [7, 11) is 0. The maximum atomic E-state index is 9.30. The number of ether oxygens (including phenoxy) is 1. The van der Waals surface area contributed by atoms with E-state index in [2.05, 4.69) is 6.92 Å². The van der Waals surface area contributed by atoms with Crippen molar-refractivity contribution in [2.75, 3.05) is 0 Å². The second kappa shape index (κ2) is 4.73. The van der Waals surface area contributed by atoms with Crippen LogP contribution in [0.2, 0.25) is 0 Å². The Kier molecular flexibility index (Phi) is 3.28. The van der Waals surface area contributed by atoms with E-state index in [-0.39, 0.29) is 5.75 Å². The Bertz CT molecular complexity index is 510. The highest BCUT2D eigenvalue weighted by Gasteiger charge is 2.22. The molecule has 0 fully saturated rings. The monoisotopic (exact) mass is 242 g/mol. The lowest BCUT2D eigenvalue weighted by Crippen LogP contribution is -2.25. The fraction of sp³-hybridized carbons (Fsp3) is 0.250. The number of phenols is 1. The van der Waals surface area contributed by atoms with E-state index in [0.717, 1.165) is 11.3 Å². The Morgan fingerprint density at radius 1 is 0.889 bits per heavy atom. The van der Waals surface area contributed by atoms with Gasteiger partial charge in [-0.05, 0) is 50.6 Å². The van der Waals surface area contributed by atoms with Crippen LogP contribution in [0.1, 0.15) is 25.0 Å². The van der Waals surface area contributed by atoms with Crippen LogP contribution in [0.25, 0.3) is 0 Å². The first-order chi connectivity index (χ1) is 8.47. The molecule has 0 radical (unpaired) electrons. The number of aromatic hydroxyl groups is 1. The van der Waals surface area contributed by atoms with Gasteiger partial charge in [-0.15, -0.1) is 0 Å². The Morgan fingerprint density at radius 3 is 2.00 bits per heavy atom. The third-order valence-corrected chi connectivity index (χ3v) is 2.96. The number of hydrogen-bond acceptors (Lipinski definition) is 2. The quantitative estimate of drug-likeness (QED) is 0.881. The Balaban J connectivity index is 2.20. The van der Waals surface area contributed by atoms with Gasteiger partial charge >= 0.3 is 0 Å². The first kappa shape index (κ1) is 12.5. The van der Waals surface area contributed by atoms with Gasteiger partial charge in [-0.1, -0.05) is 29.8 Å². The molecule has 0 amide bonds. The van der Waals surface area contributed by atoms with Crippen LogP contribution in [0.5, 0.6) is 11.5 Å². The fourth-order valence-electron chi connectivity index (χ4n) is 1.82. The van der Waals surface area contributed by atoms with Crippen LogP contribution in [0.3, 0.4) is 0 Å². The number of benzene rings is 2.